The molecule has 0 saturated carbocycles. The Morgan fingerprint density at radius 1 is 0.640 bits per heavy atom. The maximum absolute atomic E-state index is 13.5. The van der Waals surface area contributed by atoms with Crippen molar-refractivity contribution in [2.75, 3.05) is 0 Å². The number of carboxylic acid groups (broad SMARTS) is 2. The fourth-order valence-corrected chi connectivity index (χ4v) is 95.0. The van der Waals surface area contributed by atoms with Crippen molar-refractivity contribution in [1.82, 2.24) is 0 Å². The molecule has 1 spiro atoms. The first-order valence-electron chi connectivity index (χ1n) is 9.33. The summed E-state index contributed by atoms with van der Waals surface area (Å²) in [7, 11) is 0. The summed E-state index contributed by atoms with van der Waals surface area (Å²) in [5.74, 6) is -1.60. The molecular formula is C18H18FeO6. The summed E-state index contributed by atoms with van der Waals surface area (Å²) in [6.07, 6.45) is -0.0552. The van der Waals surface area contributed by atoms with Crippen LogP contribution in [-0.2, 0) is 25.7 Å². The van der Waals surface area contributed by atoms with Gasteiger partial charge in [-0.25, -0.2) is 0 Å². The summed E-state index contributed by atoms with van der Waals surface area (Å²) in [5.41, 5.74) is 0. The minimum atomic E-state index is -4.21. The molecule has 2 N–H and O–H groups in total. The SMILES string of the molecule is O=C(O)CCC(=O)[C]12[CH]3[CH]4[CH]5[C]1(C(=O)CCC(=O)O)[Fe]43521678[CH]2[CH]1[CH]6[CH]7[CH]28. The normalized spacial score (nSPS) is 87.2. The van der Waals surface area contributed by atoms with E-state index in [0.29, 0.717) is 9.63 Å². The molecule has 0 amide bonds. The van der Waals surface area contributed by atoms with Crippen molar-refractivity contribution in [3.8, 4) is 0 Å². The summed E-state index contributed by atoms with van der Waals surface area (Å²) in [6.45, 7) is -4.21. The first-order valence-corrected chi connectivity index (χ1v) is 15.5. The van der Waals surface area contributed by atoms with Gasteiger partial charge in [-0.05, 0) is 0 Å². The number of rotatable bonds is 8. The van der Waals surface area contributed by atoms with Gasteiger partial charge in [-0.2, -0.15) is 0 Å². The average Bonchev–Trinajstić information content (AvgIpc) is 3.49. The summed E-state index contributed by atoms with van der Waals surface area (Å²) in [5, 5.41) is 18.1. The average molecular weight is 386 g/mol. The quantitative estimate of drug-likeness (QED) is 0.621. The van der Waals surface area contributed by atoms with Crippen molar-refractivity contribution in [2.45, 2.75) is 72.8 Å². The number of hydrogen-bond acceptors (Lipinski definition) is 4. The van der Waals surface area contributed by atoms with E-state index in [4.69, 9.17) is 10.2 Å². The van der Waals surface area contributed by atoms with Crippen LogP contribution in [0.4, 0.5) is 0 Å². The van der Waals surface area contributed by atoms with Gasteiger partial charge in [-0.1, -0.05) is 0 Å². The molecule has 4 atom stereocenters. The third-order valence-corrected chi connectivity index (χ3v) is 59.6. The standard InChI is InChI=1S/C13H13O6.C5H5.Fe/c14-10(4-6-12(16)17)8-2-1-3-9(8)11(15)5-7-13(18)19;1-2-4-5-3-1;/h1-3H,4-7H2,(H,16,17)(H,18,19);1-5H;. The zero-order valence-electron chi connectivity index (χ0n) is 13.3. The molecule has 0 aromatic carbocycles. The second kappa shape index (κ2) is 1.18. The molecule has 10 fully saturated rings. The van der Waals surface area contributed by atoms with E-state index in [2.05, 4.69) is 0 Å². The van der Waals surface area contributed by atoms with Gasteiger partial charge in [-0.3, -0.25) is 0 Å². The first-order chi connectivity index (χ1) is 11.6. The van der Waals surface area contributed by atoms with E-state index >= 15 is 0 Å². The van der Waals surface area contributed by atoms with Gasteiger partial charge in [0.05, 0.1) is 0 Å². The third kappa shape index (κ3) is 0.161. The molecule has 0 aromatic heterocycles. The molecule has 10 aliphatic rings. The Hall–Kier alpha value is -1.20. The van der Waals surface area contributed by atoms with Crippen LogP contribution in [0.3, 0.4) is 0 Å². The molecule has 134 valence electrons. The van der Waals surface area contributed by atoms with Crippen molar-refractivity contribution >= 4 is 23.5 Å². The monoisotopic (exact) mass is 386 g/mol. The molecule has 10 heterocycles. The molecule has 10 aliphatic heterocycles. The van der Waals surface area contributed by atoms with Crippen LogP contribution >= 0.6 is 0 Å². The van der Waals surface area contributed by atoms with E-state index in [1.54, 1.807) is 0 Å². The zero-order chi connectivity index (χ0) is 17.1. The Morgan fingerprint density at radius 2 is 1.00 bits per heavy atom. The van der Waals surface area contributed by atoms with Crippen LogP contribution in [0.5, 0.6) is 0 Å². The second-order valence-corrected chi connectivity index (χ2v) is 35.6. The van der Waals surface area contributed by atoms with Gasteiger partial charge in [0.1, 0.15) is 0 Å². The Morgan fingerprint density at radius 3 is 1.24 bits per heavy atom. The van der Waals surface area contributed by atoms with E-state index in [-0.39, 0.29) is 45.9 Å². The van der Waals surface area contributed by atoms with Crippen LogP contribution in [-0.4, -0.2) is 33.7 Å². The minimum absolute atomic E-state index is 0.0937. The molecule has 0 radical (unpaired) electrons. The second-order valence-electron chi connectivity index (χ2n) is 12.4. The van der Waals surface area contributed by atoms with Crippen LogP contribution in [0.15, 0.2) is 0 Å². The van der Waals surface area contributed by atoms with Gasteiger partial charge >= 0.3 is 132 Å². The van der Waals surface area contributed by atoms with Gasteiger partial charge in [-0.15, -0.1) is 0 Å². The third-order valence-electron chi connectivity index (χ3n) is 16.8. The van der Waals surface area contributed by atoms with Crippen molar-refractivity contribution in [1.29, 1.82) is 0 Å². The number of carbonyl (C=O) groups is 4. The van der Waals surface area contributed by atoms with E-state index < -0.39 is 18.4 Å². The van der Waals surface area contributed by atoms with E-state index in [1.165, 1.54) is 0 Å². The van der Waals surface area contributed by atoms with Crippen LogP contribution in [0.25, 0.3) is 0 Å². The van der Waals surface area contributed by atoms with Crippen molar-refractivity contribution in [3.63, 3.8) is 0 Å². The van der Waals surface area contributed by atoms with Crippen LogP contribution in [0.1, 0.15) is 25.7 Å². The molecule has 0 bridgehead atoms. The Labute approximate surface area is 132 Å². The van der Waals surface area contributed by atoms with Gasteiger partial charge in [0.15, 0.2) is 0 Å². The van der Waals surface area contributed by atoms with Crippen molar-refractivity contribution < 1.29 is 35.9 Å². The number of aliphatic carboxylic acids is 2. The number of carbonyl (C=O) groups excluding carboxylic acids is 2. The topological polar surface area (TPSA) is 109 Å². The number of carboxylic acids is 2. The summed E-state index contributed by atoms with van der Waals surface area (Å²) in [4.78, 5) is 54.6. The van der Waals surface area contributed by atoms with E-state index in [9.17, 15) is 19.2 Å². The number of hydrogen-bond donors (Lipinski definition) is 2. The van der Waals surface area contributed by atoms with Gasteiger partial charge in [0, 0.05) is 0 Å². The summed E-state index contributed by atoms with van der Waals surface area (Å²) in [6, 6.07) is 0. The number of ketones is 2. The van der Waals surface area contributed by atoms with E-state index in [1.807, 2.05) is 0 Å². The van der Waals surface area contributed by atoms with Crippen molar-refractivity contribution in [2.24, 2.45) is 0 Å². The molecular weight excluding hydrogens is 368 g/mol. The molecule has 0 aliphatic carbocycles. The first kappa shape index (κ1) is 11.5. The predicted molar refractivity (Wildman–Crippen MR) is 79.1 cm³/mol. The molecule has 7 heteroatoms. The molecule has 10 rings (SSSR count). The molecule has 10 saturated heterocycles. The fraction of sp³-hybridized carbons (Fsp3) is 0.778. The molecule has 6 nitrogen and oxygen atoms in total. The molecule has 0 aromatic rings. The van der Waals surface area contributed by atoms with Crippen LogP contribution < -0.4 is 0 Å². The van der Waals surface area contributed by atoms with Gasteiger partial charge in [0.25, 0.3) is 0 Å². The maximum atomic E-state index is 13.5. The summed E-state index contributed by atoms with van der Waals surface area (Å²) >= 11 is 0. The Kier molecular flexibility index (Phi) is 0.543. The van der Waals surface area contributed by atoms with Crippen LogP contribution in [0, 0.1) is 0 Å². The zero-order valence-corrected chi connectivity index (χ0v) is 14.4. The predicted octanol–water partition coefficient (Wildman–Crippen LogP) is 2.98. The molecule has 25 heavy (non-hydrogen) atoms. The van der Waals surface area contributed by atoms with E-state index in [0.717, 1.165) is 28.9 Å². The van der Waals surface area contributed by atoms with Gasteiger partial charge < -0.3 is 0 Å². The fourth-order valence-electron chi connectivity index (χ4n) is 19.0. The number of fused-ring (bicyclic) bond motifs is 10. The number of Topliss-reactive ketones (excluding diaryl/α,β-unsaturated/α-hetero) is 2. The van der Waals surface area contributed by atoms with Gasteiger partial charge in [0.2, 0.25) is 0 Å². The Balaban J connectivity index is 1.25. The van der Waals surface area contributed by atoms with Crippen LogP contribution in [0.2, 0.25) is 47.2 Å². The summed E-state index contributed by atoms with van der Waals surface area (Å²) < 4.78 is -0.700. The Bertz CT molecular complexity index is 1240. The van der Waals surface area contributed by atoms with Crippen molar-refractivity contribution in [3.05, 3.63) is 0 Å². The molecule has 4 unspecified atom stereocenters.